The van der Waals surface area contributed by atoms with E-state index in [4.69, 9.17) is 9.47 Å². The summed E-state index contributed by atoms with van der Waals surface area (Å²) in [6.07, 6.45) is 4.60. The van der Waals surface area contributed by atoms with E-state index in [0.29, 0.717) is 11.7 Å². The molecule has 1 aromatic rings. The molecule has 132 valence electrons. The minimum atomic E-state index is -0.425. The molecule has 0 unspecified atom stereocenters. The van der Waals surface area contributed by atoms with Crippen molar-refractivity contribution in [3.8, 4) is 5.75 Å². The Morgan fingerprint density at radius 2 is 2.00 bits per heavy atom. The highest BCUT2D eigenvalue weighted by atomic mass is 16.5. The predicted octanol–water partition coefficient (Wildman–Crippen LogP) is 2.78. The monoisotopic (exact) mass is 333 g/mol. The summed E-state index contributed by atoms with van der Waals surface area (Å²) < 4.78 is 10.4. The molecule has 1 amide bonds. The lowest BCUT2D eigenvalue weighted by atomic mass is 9.86. The van der Waals surface area contributed by atoms with E-state index in [9.17, 15) is 9.59 Å². The number of amides is 1. The number of rotatable bonds is 6. The van der Waals surface area contributed by atoms with Gasteiger partial charge in [0.2, 0.25) is 0 Å². The summed E-state index contributed by atoms with van der Waals surface area (Å²) in [5, 5.41) is 2.98. The fraction of sp³-hybridized carbons (Fsp3) is 0.579. The van der Waals surface area contributed by atoms with Crippen LogP contribution in [0.5, 0.6) is 5.75 Å². The van der Waals surface area contributed by atoms with Crippen LogP contribution < -0.4 is 10.1 Å². The van der Waals surface area contributed by atoms with Crippen molar-refractivity contribution in [1.29, 1.82) is 0 Å². The van der Waals surface area contributed by atoms with Crippen LogP contribution in [0.25, 0.3) is 0 Å². The molecule has 1 N–H and O–H groups in total. The van der Waals surface area contributed by atoms with E-state index in [0.717, 1.165) is 30.4 Å². The number of hydrogen-bond acceptors (Lipinski definition) is 4. The van der Waals surface area contributed by atoms with Crippen molar-refractivity contribution in [3.05, 3.63) is 29.3 Å². The highest BCUT2D eigenvalue weighted by Crippen LogP contribution is 2.23. The van der Waals surface area contributed by atoms with Crippen molar-refractivity contribution in [1.82, 2.24) is 5.32 Å². The second-order valence-electron chi connectivity index (χ2n) is 6.59. The van der Waals surface area contributed by atoms with Gasteiger partial charge < -0.3 is 14.8 Å². The standard InChI is InChI=1S/C19H27NO4/c1-13-8-9-17(23-3)15(10-13)11-19(22)24-12-18(21)20-16-7-5-4-6-14(16)2/h8-10,14,16H,4-7,11-12H2,1-3H3,(H,20,21)/t14-,16+/m0/s1. The average molecular weight is 333 g/mol. The zero-order valence-corrected chi connectivity index (χ0v) is 14.8. The van der Waals surface area contributed by atoms with Crippen LogP contribution in [-0.4, -0.2) is 31.6 Å². The zero-order valence-electron chi connectivity index (χ0n) is 14.8. The molecule has 24 heavy (non-hydrogen) atoms. The van der Waals surface area contributed by atoms with Crippen LogP contribution >= 0.6 is 0 Å². The summed E-state index contributed by atoms with van der Waals surface area (Å²) in [4.78, 5) is 24.0. The van der Waals surface area contributed by atoms with Crippen LogP contribution in [0.4, 0.5) is 0 Å². The molecule has 1 aliphatic carbocycles. The van der Waals surface area contributed by atoms with Gasteiger partial charge >= 0.3 is 5.97 Å². The maximum Gasteiger partial charge on any atom is 0.310 e. The van der Waals surface area contributed by atoms with Gasteiger partial charge in [-0.05, 0) is 31.7 Å². The normalized spacial score (nSPS) is 20.3. The number of nitrogens with one attached hydrogen (secondary N) is 1. The summed E-state index contributed by atoms with van der Waals surface area (Å²) in [5.74, 6) is 0.483. The molecule has 0 heterocycles. The van der Waals surface area contributed by atoms with E-state index in [2.05, 4.69) is 12.2 Å². The highest BCUT2D eigenvalue weighted by molar-refractivity contribution is 5.81. The molecule has 1 fully saturated rings. The van der Waals surface area contributed by atoms with Crippen LogP contribution in [0.15, 0.2) is 18.2 Å². The van der Waals surface area contributed by atoms with Gasteiger partial charge in [0.25, 0.3) is 5.91 Å². The Bertz CT molecular complexity index is 585. The second kappa shape index (κ2) is 8.71. The van der Waals surface area contributed by atoms with Crippen LogP contribution in [0.3, 0.4) is 0 Å². The molecule has 1 aromatic carbocycles. The first-order chi connectivity index (χ1) is 11.5. The third-order valence-electron chi connectivity index (χ3n) is 4.59. The smallest absolute Gasteiger partial charge is 0.310 e. The molecule has 2 rings (SSSR count). The fourth-order valence-corrected chi connectivity index (χ4v) is 3.18. The van der Waals surface area contributed by atoms with Crippen LogP contribution in [-0.2, 0) is 20.7 Å². The first-order valence-corrected chi connectivity index (χ1v) is 8.58. The molecule has 2 atom stereocenters. The molecule has 5 nitrogen and oxygen atoms in total. The van der Waals surface area contributed by atoms with Gasteiger partial charge in [-0.2, -0.15) is 0 Å². The van der Waals surface area contributed by atoms with Gasteiger partial charge in [-0.3, -0.25) is 9.59 Å². The molecule has 0 bridgehead atoms. The Labute approximate surface area is 143 Å². The van der Waals surface area contributed by atoms with Crippen molar-refractivity contribution in [2.45, 2.75) is 52.0 Å². The van der Waals surface area contributed by atoms with E-state index >= 15 is 0 Å². The Hall–Kier alpha value is -2.04. The molecule has 1 saturated carbocycles. The largest absolute Gasteiger partial charge is 0.496 e. The summed E-state index contributed by atoms with van der Waals surface area (Å²) in [6.45, 7) is 3.88. The van der Waals surface area contributed by atoms with Crippen LogP contribution in [0.1, 0.15) is 43.7 Å². The first kappa shape index (κ1) is 18.3. The van der Waals surface area contributed by atoms with E-state index in [1.807, 2.05) is 25.1 Å². The summed E-state index contributed by atoms with van der Waals surface area (Å²) in [6, 6.07) is 5.84. The van der Waals surface area contributed by atoms with Crippen LogP contribution in [0, 0.1) is 12.8 Å². The van der Waals surface area contributed by atoms with Gasteiger partial charge in [-0.25, -0.2) is 0 Å². The molecule has 5 heteroatoms. The summed E-state index contributed by atoms with van der Waals surface area (Å²) in [5.41, 5.74) is 1.81. The van der Waals surface area contributed by atoms with Crippen LogP contribution in [0.2, 0.25) is 0 Å². The quantitative estimate of drug-likeness (QED) is 0.813. The maximum atomic E-state index is 12.0. The highest BCUT2D eigenvalue weighted by Gasteiger charge is 2.23. The fourth-order valence-electron chi connectivity index (χ4n) is 3.18. The van der Waals surface area contributed by atoms with Gasteiger partial charge in [-0.15, -0.1) is 0 Å². The lowest BCUT2D eigenvalue weighted by Crippen LogP contribution is -2.42. The second-order valence-corrected chi connectivity index (χ2v) is 6.59. The molecule has 0 radical (unpaired) electrons. The SMILES string of the molecule is COc1ccc(C)cc1CC(=O)OCC(=O)N[C@@H]1CCCC[C@@H]1C. The number of carbonyl (C=O) groups excluding carboxylic acids is 2. The summed E-state index contributed by atoms with van der Waals surface area (Å²) in [7, 11) is 1.57. The number of methoxy groups -OCH3 is 1. The zero-order chi connectivity index (χ0) is 17.5. The van der Waals surface area contributed by atoms with Gasteiger partial charge in [0.15, 0.2) is 6.61 Å². The topological polar surface area (TPSA) is 64.6 Å². The first-order valence-electron chi connectivity index (χ1n) is 8.58. The minimum absolute atomic E-state index is 0.0952. The number of ether oxygens (including phenoxy) is 2. The van der Waals surface area contributed by atoms with Crippen molar-refractivity contribution in [2.75, 3.05) is 13.7 Å². The average Bonchev–Trinajstić information content (AvgIpc) is 2.55. The molecular formula is C19H27NO4. The number of hydrogen-bond donors (Lipinski definition) is 1. The molecular weight excluding hydrogens is 306 g/mol. The number of benzene rings is 1. The van der Waals surface area contributed by atoms with Gasteiger partial charge in [0.05, 0.1) is 13.5 Å². The third kappa shape index (κ3) is 5.25. The maximum absolute atomic E-state index is 12.0. The van der Waals surface area contributed by atoms with Gasteiger partial charge in [0, 0.05) is 11.6 Å². The van der Waals surface area contributed by atoms with Crippen molar-refractivity contribution >= 4 is 11.9 Å². The minimum Gasteiger partial charge on any atom is -0.496 e. The van der Waals surface area contributed by atoms with Crippen molar-refractivity contribution < 1.29 is 19.1 Å². The van der Waals surface area contributed by atoms with Gasteiger partial charge in [-0.1, -0.05) is 37.5 Å². The molecule has 0 aliphatic heterocycles. The molecule has 0 saturated heterocycles. The third-order valence-corrected chi connectivity index (χ3v) is 4.59. The van der Waals surface area contributed by atoms with Gasteiger partial charge in [0.1, 0.15) is 5.75 Å². The van der Waals surface area contributed by atoms with Crippen molar-refractivity contribution in [2.24, 2.45) is 5.92 Å². The number of carbonyl (C=O) groups is 2. The Morgan fingerprint density at radius 1 is 1.25 bits per heavy atom. The van der Waals surface area contributed by atoms with E-state index in [1.165, 1.54) is 6.42 Å². The van der Waals surface area contributed by atoms with E-state index < -0.39 is 5.97 Å². The lowest BCUT2D eigenvalue weighted by molar-refractivity contribution is -0.148. The molecule has 1 aliphatic rings. The van der Waals surface area contributed by atoms with Crippen molar-refractivity contribution in [3.63, 3.8) is 0 Å². The molecule has 0 spiro atoms. The van der Waals surface area contributed by atoms with E-state index in [1.54, 1.807) is 7.11 Å². The Kier molecular flexibility index (Phi) is 6.64. The Balaban J connectivity index is 1.80. The lowest BCUT2D eigenvalue weighted by Gasteiger charge is -2.29. The molecule has 0 aromatic heterocycles. The number of aryl methyl sites for hydroxylation is 1. The predicted molar refractivity (Wildman–Crippen MR) is 92.0 cm³/mol. The number of esters is 1. The Morgan fingerprint density at radius 3 is 2.71 bits per heavy atom. The summed E-state index contributed by atoms with van der Waals surface area (Å²) >= 11 is 0. The van der Waals surface area contributed by atoms with E-state index in [-0.39, 0.29) is 25.0 Å².